The first-order chi connectivity index (χ1) is 14.1. The molecule has 0 aromatic heterocycles. The first-order valence-corrected chi connectivity index (χ1v) is 10.6. The van der Waals surface area contributed by atoms with Gasteiger partial charge < -0.3 is 15.0 Å². The second kappa shape index (κ2) is 10.7. The van der Waals surface area contributed by atoms with Gasteiger partial charge in [0.05, 0.1) is 12.5 Å². The Morgan fingerprint density at radius 1 is 1.24 bits per heavy atom. The first-order valence-electron chi connectivity index (χ1n) is 10.6. The molecule has 0 unspecified atom stereocenters. The minimum Gasteiger partial charge on any atom is -0.385 e. The number of rotatable bonds is 8. The fourth-order valence-corrected chi connectivity index (χ4v) is 4.30. The van der Waals surface area contributed by atoms with Gasteiger partial charge in [-0.15, -0.1) is 0 Å². The molecule has 2 aliphatic rings. The maximum Gasteiger partial charge on any atom is 0.237 e. The van der Waals surface area contributed by atoms with Gasteiger partial charge in [0.25, 0.3) is 0 Å². The Morgan fingerprint density at radius 2 is 2.00 bits per heavy atom. The molecule has 0 spiro atoms. The molecular weight excluding hydrogens is 373 g/mol. The number of nitrogens with zero attached hydrogens (tertiary/aromatic N) is 2. The highest BCUT2D eigenvalue weighted by Gasteiger charge is 2.34. The second-order valence-electron chi connectivity index (χ2n) is 8.03. The van der Waals surface area contributed by atoms with Gasteiger partial charge in [-0.05, 0) is 37.7 Å². The van der Waals surface area contributed by atoms with Crippen LogP contribution in [0, 0.1) is 11.7 Å². The van der Waals surface area contributed by atoms with Crippen LogP contribution in [0.4, 0.5) is 4.39 Å². The molecule has 2 saturated heterocycles. The standard InChI is InChI=1S/C22H32FN3O3/c1-29-14-4-5-17-8-11-25(12-9-17)21(27)15-20-22(28)24-10-13-26(20)16-18-6-2-3-7-19(18)23/h2-3,6-7,17,20H,4-5,8-16H2,1H3,(H,24,28)/t20-/m0/s1. The zero-order valence-electron chi connectivity index (χ0n) is 17.2. The number of ether oxygens (including phenoxy) is 1. The summed E-state index contributed by atoms with van der Waals surface area (Å²) < 4.78 is 19.2. The van der Waals surface area contributed by atoms with Crippen LogP contribution in [0.1, 0.15) is 37.7 Å². The number of piperazine rings is 1. The highest BCUT2D eigenvalue weighted by molar-refractivity contribution is 5.88. The SMILES string of the molecule is COCCCC1CCN(C(=O)C[C@H]2C(=O)NCCN2Cc2ccccc2F)CC1. The summed E-state index contributed by atoms with van der Waals surface area (Å²) in [4.78, 5) is 29.1. The van der Waals surface area contributed by atoms with Gasteiger partial charge in [-0.1, -0.05) is 18.2 Å². The molecule has 29 heavy (non-hydrogen) atoms. The number of hydrogen-bond acceptors (Lipinski definition) is 4. The Hall–Kier alpha value is -1.99. The number of hydrogen-bond donors (Lipinski definition) is 1. The third-order valence-corrected chi connectivity index (χ3v) is 6.07. The Balaban J connectivity index is 1.54. The molecule has 1 aromatic rings. The topological polar surface area (TPSA) is 61.9 Å². The van der Waals surface area contributed by atoms with Crippen molar-refractivity contribution in [1.29, 1.82) is 0 Å². The van der Waals surface area contributed by atoms with Crippen molar-refractivity contribution in [2.24, 2.45) is 5.92 Å². The number of methoxy groups -OCH3 is 1. The first kappa shape index (κ1) is 21.7. The van der Waals surface area contributed by atoms with Crippen molar-refractivity contribution in [3.63, 3.8) is 0 Å². The van der Waals surface area contributed by atoms with E-state index in [4.69, 9.17) is 4.74 Å². The van der Waals surface area contributed by atoms with Crippen LogP contribution in [0.3, 0.4) is 0 Å². The average molecular weight is 406 g/mol. The molecule has 1 atom stereocenters. The van der Waals surface area contributed by atoms with Crippen molar-refractivity contribution < 1.29 is 18.7 Å². The molecule has 1 aromatic carbocycles. The molecule has 2 aliphatic heterocycles. The number of piperidine rings is 1. The fourth-order valence-electron chi connectivity index (χ4n) is 4.30. The molecule has 6 nitrogen and oxygen atoms in total. The zero-order valence-corrected chi connectivity index (χ0v) is 17.2. The van der Waals surface area contributed by atoms with Crippen molar-refractivity contribution >= 4 is 11.8 Å². The molecule has 2 amide bonds. The lowest BCUT2D eigenvalue weighted by molar-refractivity contribution is -0.140. The van der Waals surface area contributed by atoms with Crippen LogP contribution < -0.4 is 5.32 Å². The van der Waals surface area contributed by atoms with Crippen molar-refractivity contribution in [3.05, 3.63) is 35.6 Å². The fraction of sp³-hybridized carbons (Fsp3) is 0.636. The van der Waals surface area contributed by atoms with Gasteiger partial charge in [-0.3, -0.25) is 14.5 Å². The summed E-state index contributed by atoms with van der Waals surface area (Å²) in [6.07, 6.45) is 4.35. The highest BCUT2D eigenvalue weighted by Crippen LogP contribution is 2.23. The summed E-state index contributed by atoms with van der Waals surface area (Å²) in [6.45, 7) is 3.74. The average Bonchev–Trinajstić information content (AvgIpc) is 2.73. The van der Waals surface area contributed by atoms with Crippen LogP contribution >= 0.6 is 0 Å². The number of nitrogens with one attached hydrogen (secondary N) is 1. The molecule has 1 N–H and O–H groups in total. The lowest BCUT2D eigenvalue weighted by atomic mass is 9.92. The molecule has 7 heteroatoms. The Kier molecular flexibility index (Phi) is 8.00. The predicted molar refractivity (Wildman–Crippen MR) is 109 cm³/mol. The van der Waals surface area contributed by atoms with Gasteiger partial charge in [0.1, 0.15) is 5.82 Å². The number of benzene rings is 1. The Labute approximate surface area is 172 Å². The summed E-state index contributed by atoms with van der Waals surface area (Å²) in [7, 11) is 1.72. The van der Waals surface area contributed by atoms with Crippen LogP contribution in [0.25, 0.3) is 0 Å². The summed E-state index contributed by atoms with van der Waals surface area (Å²) >= 11 is 0. The van der Waals surface area contributed by atoms with E-state index in [0.29, 0.717) is 31.1 Å². The minimum atomic E-state index is -0.546. The Bertz CT molecular complexity index is 692. The number of halogens is 1. The molecule has 160 valence electrons. The third kappa shape index (κ3) is 6.00. The van der Waals surface area contributed by atoms with Gasteiger partial charge >= 0.3 is 0 Å². The van der Waals surface area contributed by atoms with E-state index in [1.54, 1.807) is 25.3 Å². The summed E-state index contributed by atoms with van der Waals surface area (Å²) in [5.41, 5.74) is 0.552. The lowest BCUT2D eigenvalue weighted by Crippen LogP contribution is -2.56. The van der Waals surface area contributed by atoms with Crippen LogP contribution in [0.15, 0.2) is 24.3 Å². The maximum atomic E-state index is 14.1. The van der Waals surface area contributed by atoms with E-state index in [2.05, 4.69) is 5.32 Å². The summed E-state index contributed by atoms with van der Waals surface area (Å²) in [6, 6.07) is 6.06. The van der Waals surface area contributed by atoms with Crippen molar-refractivity contribution in [3.8, 4) is 0 Å². The molecule has 2 heterocycles. The predicted octanol–water partition coefficient (Wildman–Crippen LogP) is 2.18. The van der Waals surface area contributed by atoms with E-state index in [-0.39, 0.29) is 24.1 Å². The van der Waals surface area contributed by atoms with Crippen LogP contribution in [-0.2, 0) is 20.9 Å². The van der Waals surface area contributed by atoms with Gasteiger partial charge in [0.2, 0.25) is 11.8 Å². The van der Waals surface area contributed by atoms with Crippen LogP contribution in [0.5, 0.6) is 0 Å². The normalized spacial score (nSPS) is 21.2. The van der Waals surface area contributed by atoms with Gasteiger partial charge in [-0.2, -0.15) is 0 Å². The smallest absolute Gasteiger partial charge is 0.237 e. The number of carbonyl (C=O) groups excluding carboxylic acids is 2. The molecular formula is C22H32FN3O3. The maximum absolute atomic E-state index is 14.1. The summed E-state index contributed by atoms with van der Waals surface area (Å²) in [5.74, 6) is 0.236. The number of carbonyl (C=O) groups is 2. The second-order valence-corrected chi connectivity index (χ2v) is 8.03. The number of amides is 2. The van der Waals surface area contributed by atoms with E-state index in [1.165, 1.54) is 6.07 Å². The molecule has 2 fully saturated rings. The Morgan fingerprint density at radius 3 is 2.72 bits per heavy atom. The monoisotopic (exact) mass is 405 g/mol. The van der Waals surface area contributed by atoms with Crippen molar-refractivity contribution in [2.45, 2.75) is 44.7 Å². The molecule has 3 rings (SSSR count). The quantitative estimate of drug-likeness (QED) is 0.674. The minimum absolute atomic E-state index is 0.0147. The molecule has 0 bridgehead atoms. The molecule has 0 radical (unpaired) electrons. The van der Waals surface area contributed by atoms with E-state index in [1.807, 2.05) is 9.80 Å². The van der Waals surface area contributed by atoms with Crippen molar-refractivity contribution in [1.82, 2.24) is 15.1 Å². The van der Waals surface area contributed by atoms with Gasteiger partial charge in [0, 0.05) is 52.0 Å². The van der Waals surface area contributed by atoms with E-state index < -0.39 is 6.04 Å². The van der Waals surface area contributed by atoms with E-state index in [0.717, 1.165) is 45.4 Å². The molecule has 0 saturated carbocycles. The van der Waals surface area contributed by atoms with Crippen LogP contribution in [0.2, 0.25) is 0 Å². The third-order valence-electron chi connectivity index (χ3n) is 6.07. The van der Waals surface area contributed by atoms with Gasteiger partial charge in [0.15, 0.2) is 0 Å². The summed E-state index contributed by atoms with van der Waals surface area (Å²) in [5, 5.41) is 2.85. The zero-order chi connectivity index (χ0) is 20.6. The molecule has 0 aliphatic carbocycles. The highest BCUT2D eigenvalue weighted by atomic mass is 19.1. The van der Waals surface area contributed by atoms with E-state index >= 15 is 0 Å². The lowest BCUT2D eigenvalue weighted by Gasteiger charge is -2.37. The van der Waals surface area contributed by atoms with Crippen molar-refractivity contribution in [2.75, 3.05) is 39.9 Å². The number of likely N-dealkylation sites (tertiary alicyclic amines) is 1. The van der Waals surface area contributed by atoms with Crippen LogP contribution in [-0.4, -0.2) is 67.6 Å². The largest absolute Gasteiger partial charge is 0.385 e. The van der Waals surface area contributed by atoms with Gasteiger partial charge in [-0.25, -0.2) is 4.39 Å². The van der Waals surface area contributed by atoms with E-state index in [9.17, 15) is 14.0 Å².